The van der Waals surface area contributed by atoms with Crippen molar-refractivity contribution in [3.05, 3.63) is 120 Å². The molecule has 10 aliphatic heterocycles. The fourth-order valence-electron chi connectivity index (χ4n) is 29.3. The van der Waals surface area contributed by atoms with Crippen molar-refractivity contribution in [2.45, 2.75) is 83.4 Å². The van der Waals surface area contributed by atoms with E-state index in [0.29, 0.717) is 18.4 Å². The number of nitrogens with zero attached hydrogens (tertiary/aromatic N) is 4. The van der Waals surface area contributed by atoms with Gasteiger partial charge in [0.2, 0.25) is 0 Å². The van der Waals surface area contributed by atoms with Crippen LogP contribution in [-0.2, 0) is 20.3 Å². The molecule has 14 aliphatic rings. The summed E-state index contributed by atoms with van der Waals surface area (Å²) in [5.41, 5.74) is 3.92. The van der Waals surface area contributed by atoms with E-state index in [2.05, 4.69) is 79.1 Å². The molecule has 7 unspecified atom stereocenters. The maximum atomic E-state index is 5.33. The molecule has 4 aromatic rings. The molecule has 4 aliphatic carbocycles. The predicted octanol–water partition coefficient (Wildman–Crippen LogP) is 9.05. The van der Waals surface area contributed by atoms with Gasteiger partial charge in [-0.1, -0.05) is 0 Å². The van der Waals surface area contributed by atoms with Crippen molar-refractivity contribution in [3.8, 4) is 0 Å². The van der Waals surface area contributed by atoms with Gasteiger partial charge in [-0.25, -0.2) is 0 Å². The average molecular weight is 721 g/mol. The quantitative estimate of drug-likeness (QED) is 0.141. The van der Waals surface area contributed by atoms with Gasteiger partial charge >= 0.3 is 284 Å². The fourth-order valence-corrected chi connectivity index (χ4v) is 116. The Morgan fingerprint density at radius 3 is 1.55 bits per heavy atom. The average Bonchev–Trinajstić information content (AvgIpc) is 4.11. The maximum absolute atomic E-state index is 5.33. The van der Waals surface area contributed by atoms with Crippen molar-refractivity contribution < 1.29 is 6.51 Å². The Hall–Kier alpha value is -2.02. The third-order valence-corrected chi connectivity index (χ3v) is 71.5. The van der Waals surface area contributed by atoms with Gasteiger partial charge in [-0.3, -0.25) is 0 Å². The van der Waals surface area contributed by atoms with Crippen LogP contribution in [0.25, 0.3) is 0 Å². The summed E-state index contributed by atoms with van der Waals surface area (Å²) >= 11 is 0. The molecular weight excluding hydrogens is 678 g/mol. The van der Waals surface area contributed by atoms with Crippen LogP contribution in [0.5, 0.6) is 0 Å². The van der Waals surface area contributed by atoms with E-state index < -0.39 is 11.7 Å². The second kappa shape index (κ2) is 4.31. The summed E-state index contributed by atoms with van der Waals surface area (Å²) in [5, 5.41) is -0.467. The van der Waals surface area contributed by atoms with Crippen molar-refractivity contribution >= 4 is 18.5 Å². The van der Waals surface area contributed by atoms with Crippen LogP contribution in [0.4, 0.5) is 0 Å². The SMILES string of the molecule is PCC1([C]23[C]4(c5ccccc5)[C]5(c6ccccc6)[CH]6[C]2(C(P)(c2ncccn2)c2ncccn2)[Fe]65432789[CH]3[CH]2[CH]7[CH]8[CH]39)C2CC3CC(C2)CC1C3. The van der Waals surface area contributed by atoms with E-state index in [9.17, 15) is 0 Å². The zero-order valence-electron chi connectivity index (χ0n) is 27.6. The van der Waals surface area contributed by atoms with Crippen molar-refractivity contribution in [1.82, 2.24) is 19.9 Å². The Bertz CT molecular complexity index is 2630. The summed E-state index contributed by atoms with van der Waals surface area (Å²) in [6, 6.07) is 28.9. The molecule has 0 amide bonds. The molecule has 7 heteroatoms. The van der Waals surface area contributed by atoms with Crippen LogP contribution in [-0.4, -0.2) is 26.1 Å². The normalized spacial score (nSPS) is 66.5. The number of hydrogen-bond acceptors (Lipinski definition) is 4. The Labute approximate surface area is 282 Å². The second-order valence-corrected chi connectivity index (χ2v) is 45.0. The summed E-state index contributed by atoms with van der Waals surface area (Å²) in [6.07, 6.45) is 16.8. The van der Waals surface area contributed by atoms with E-state index in [1.807, 2.05) is 36.9 Å². The minimum absolute atomic E-state index is 0.203. The predicted molar refractivity (Wildman–Crippen MR) is 193 cm³/mol. The molecular formula is C42H42FeN4P2. The van der Waals surface area contributed by atoms with E-state index in [-0.39, 0.29) is 4.31 Å². The molecule has 7 atom stereocenters. The zero-order chi connectivity index (χ0) is 31.8. The summed E-state index contributed by atoms with van der Waals surface area (Å²) < 4.78 is 1.28. The van der Waals surface area contributed by atoms with Crippen molar-refractivity contribution in [1.29, 1.82) is 0 Å². The van der Waals surface area contributed by atoms with Crippen molar-refractivity contribution in [3.63, 3.8) is 0 Å². The molecule has 49 heavy (non-hydrogen) atoms. The van der Waals surface area contributed by atoms with E-state index >= 15 is 0 Å². The first-order valence-corrected chi connectivity index (χ1v) is 26.6. The van der Waals surface area contributed by atoms with Crippen molar-refractivity contribution in [2.75, 3.05) is 6.16 Å². The molecule has 4 nitrogen and oxygen atoms in total. The third kappa shape index (κ3) is 0.679. The first kappa shape index (κ1) is 25.0. The van der Waals surface area contributed by atoms with Crippen LogP contribution >= 0.6 is 18.5 Å². The molecule has 4 saturated carbocycles. The Morgan fingerprint density at radius 2 is 1.10 bits per heavy atom. The molecule has 0 N–H and O–H groups in total. The van der Waals surface area contributed by atoms with Gasteiger partial charge in [0.1, 0.15) is 0 Å². The van der Waals surface area contributed by atoms with Gasteiger partial charge in [0.25, 0.3) is 0 Å². The van der Waals surface area contributed by atoms with Gasteiger partial charge in [-0.2, -0.15) is 0 Å². The van der Waals surface area contributed by atoms with Gasteiger partial charge in [-0.15, -0.1) is 0 Å². The van der Waals surface area contributed by atoms with Gasteiger partial charge < -0.3 is 0 Å². The summed E-state index contributed by atoms with van der Waals surface area (Å²) in [5.74, 6) is 5.65. The number of benzene rings is 2. The molecule has 2 aromatic carbocycles. The van der Waals surface area contributed by atoms with Crippen LogP contribution < -0.4 is 0 Å². The van der Waals surface area contributed by atoms with E-state index in [4.69, 9.17) is 19.9 Å². The second-order valence-electron chi connectivity index (χ2n) is 21.1. The molecule has 2 aromatic heterocycles. The minimum atomic E-state index is -5.05. The van der Waals surface area contributed by atoms with Gasteiger partial charge in [0.05, 0.1) is 0 Å². The van der Waals surface area contributed by atoms with Crippen LogP contribution in [0.3, 0.4) is 0 Å². The van der Waals surface area contributed by atoms with E-state index in [1.54, 1.807) is 11.1 Å². The first-order chi connectivity index (χ1) is 23.9. The molecule has 12 heterocycles. The third-order valence-electron chi connectivity index (χ3n) is 25.5. The fraction of sp³-hybridized carbons (Fsp3) is 0.524. The van der Waals surface area contributed by atoms with Gasteiger partial charge in [0, 0.05) is 0 Å². The van der Waals surface area contributed by atoms with Gasteiger partial charge in [0.15, 0.2) is 0 Å². The number of hydrogen-bond donors (Lipinski definition) is 0. The van der Waals surface area contributed by atoms with Crippen LogP contribution in [0.2, 0.25) is 37.5 Å². The number of aromatic nitrogens is 4. The molecule has 10 saturated heterocycles. The molecule has 1 spiro atoms. The molecule has 18 rings (SSSR count). The molecule has 4 bridgehead atoms. The van der Waals surface area contributed by atoms with Crippen LogP contribution in [0.1, 0.15) is 54.9 Å². The molecule has 248 valence electrons. The van der Waals surface area contributed by atoms with Gasteiger partial charge in [-0.05, 0) is 0 Å². The standard InChI is InChI=1S/C37H37N4P2.C5H5.Fe/c42-23-36(28-18-24-17-25(20-28)21-29(36)19-24)33-31(37(43,34-38-13-7-14-39-34)35-40-15-8-16-41-35)22-30(26-9-3-1-4-10-26)32(33)27-11-5-2-6-12-27;1-2-4-5-3-1;/h1-16,22,24-25,28-29H,17-21,23,42-43H2;1-5H;. The van der Waals surface area contributed by atoms with Crippen LogP contribution in [0.15, 0.2) is 97.6 Å². The first-order valence-electron chi connectivity index (χ1n) is 19.2. The Kier molecular flexibility index (Phi) is 2.20. The zero-order valence-corrected chi connectivity index (χ0v) is 31.0. The summed E-state index contributed by atoms with van der Waals surface area (Å²) in [6.45, 7) is -5.05. The Balaban J connectivity index is 1.14. The van der Waals surface area contributed by atoms with E-state index in [1.165, 1.54) is 38.3 Å². The summed E-state index contributed by atoms with van der Waals surface area (Å²) in [7, 11) is 7.19. The van der Waals surface area contributed by atoms with E-state index in [0.717, 1.165) is 64.2 Å². The monoisotopic (exact) mass is 720 g/mol. The van der Waals surface area contributed by atoms with Crippen LogP contribution in [0, 0.1) is 29.1 Å². The Morgan fingerprint density at radius 1 is 0.633 bits per heavy atom. The number of rotatable bonds is 7. The summed E-state index contributed by atoms with van der Waals surface area (Å²) in [4.78, 5) is 27.2. The number of fused-ring (bicyclic) bond motifs is 11. The van der Waals surface area contributed by atoms with Crippen molar-refractivity contribution in [2.24, 2.45) is 29.1 Å². The topological polar surface area (TPSA) is 51.6 Å². The molecule has 0 radical (unpaired) electrons. The molecule has 14 fully saturated rings.